The summed E-state index contributed by atoms with van der Waals surface area (Å²) in [5.41, 5.74) is 3.69. The van der Waals surface area contributed by atoms with Crippen LogP contribution in [0.1, 0.15) is 37.2 Å². The number of methoxy groups -OCH3 is 1. The normalized spacial score (nSPS) is 20.9. The smallest absolute Gasteiger partial charge is 0.149 e. The second kappa shape index (κ2) is 10.5. The standard InChI is InChI=1S/C25H32N6O3/c1-17-28-19(16-32-2)13-24(29-17)30-18-3-5-21(6-4-18)34-23-15-20(31-9-11-33-12-10-31)14-22-25(23)27-8-7-26-22/h7-8,13-15,18,21H,3-6,9-12,16H2,1-2H3,(H,28,29,30). The molecule has 0 atom stereocenters. The van der Waals surface area contributed by atoms with E-state index >= 15 is 0 Å². The van der Waals surface area contributed by atoms with Crippen molar-refractivity contribution in [2.24, 2.45) is 0 Å². The number of aromatic nitrogens is 4. The highest BCUT2D eigenvalue weighted by Crippen LogP contribution is 2.33. The molecule has 9 heteroatoms. The topological polar surface area (TPSA) is 94.5 Å². The molecule has 180 valence electrons. The number of benzene rings is 1. The third-order valence-corrected chi connectivity index (χ3v) is 6.40. The molecule has 34 heavy (non-hydrogen) atoms. The number of rotatable bonds is 7. The van der Waals surface area contributed by atoms with E-state index < -0.39 is 0 Å². The van der Waals surface area contributed by atoms with E-state index in [1.807, 2.05) is 13.0 Å². The van der Waals surface area contributed by atoms with E-state index in [0.717, 1.165) is 91.8 Å². The summed E-state index contributed by atoms with van der Waals surface area (Å²) in [6, 6.07) is 6.55. The molecule has 3 aromatic rings. The van der Waals surface area contributed by atoms with Gasteiger partial charge in [-0.05, 0) is 38.7 Å². The average molecular weight is 465 g/mol. The van der Waals surface area contributed by atoms with Crippen LogP contribution in [0, 0.1) is 6.92 Å². The van der Waals surface area contributed by atoms with Crippen LogP contribution in [0.2, 0.25) is 0 Å². The Bertz CT molecular complexity index is 1110. The van der Waals surface area contributed by atoms with Gasteiger partial charge in [0.05, 0.1) is 37.1 Å². The van der Waals surface area contributed by atoms with E-state index in [2.05, 4.69) is 42.3 Å². The first kappa shape index (κ1) is 22.7. The first-order chi connectivity index (χ1) is 16.7. The summed E-state index contributed by atoms with van der Waals surface area (Å²) in [6.07, 6.45) is 7.58. The van der Waals surface area contributed by atoms with Crippen LogP contribution in [0.4, 0.5) is 11.5 Å². The second-order valence-electron chi connectivity index (χ2n) is 8.93. The minimum absolute atomic E-state index is 0.152. The molecule has 1 aliphatic heterocycles. The summed E-state index contributed by atoms with van der Waals surface area (Å²) in [5, 5.41) is 3.58. The molecule has 5 rings (SSSR count). The maximum Gasteiger partial charge on any atom is 0.149 e. The molecule has 2 fully saturated rings. The van der Waals surface area contributed by atoms with Gasteiger partial charge >= 0.3 is 0 Å². The van der Waals surface area contributed by atoms with Gasteiger partial charge in [-0.1, -0.05) is 0 Å². The predicted molar refractivity (Wildman–Crippen MR) is 130 cm³/mol. The van der Waals surface area contributed by atoms with Gasteiger partial charge in [0.25, 0.3) is 0 Å². The molecule has 0 radical (unpaired) electrons. The quantitative estimate of drug-likeness (QED) is 0.563. The van der Waals surface area contributed by atoms with Crippen molar-refractivity contribution in [3.05, 3.63) is 42.1 Å². The third-order valence-electron chi connectivity index (χ3n) is 6.40. The highest BCUT2D eigenvalue weighted by molar-refractivity contribution is 5.85. The van der Waals surface area contributed by atoms with E-state index in [-0.39, 0.29) is 6.10 Å². The Hall–Kier alpha value is -3.04. The number of ether oxygens (including phenoxy) is 3. The molecular formula is C25H32N6O3. The fourth-order valence-electron chi connectivity index (χ4n) is 4.76. The molecule has 1 N–H and O–H groups in total. The van der Waals surface area contributed by atoms with Crippen LogP contribution in [0.15, 0.2) is 30.6 Å². The lowest BCUT2D eigenvalue weighted by Gasteiger charge is -2.31. The lowest BCUT2D eigenvalue weighted by molar-refractivity contribution is 0.122. The monoisotopic (exact) mass is 464 g/mol. The summed E-state index contributed by atoms with van der Waals surface area (Å²) in [6.45, 7) is 5.62. The second-order valence-corrected chi connectivity index (χ2v) is 8.93. The van der Waals surface area contributed by atoms with Gasteiger partial charge in [0.15, 0.2) is 0 Å². The van der Waals surface area contributed by atoms with Crippen molar-refractivity contribution in [2.75, 3.05) is 43.6 Å². The number of nitrogens with one attached hydrogen (secondary N) is 1. The van der Waals surface area contributed by atoms with E-state index in [0.29, 0.717) is 12.6 Å². The van der Waals surface area contributed by atoms with Gasteiger partial charge in [-0.2, -0.15) is 0 Å². The molecule has 2 aliphatic rings. The van der Waals surface area contributed by atoms with Crippen LogP contribution in [0.3, 0.4) is 0 Å². The highest BCUT2D eigenvalue weighted by atomic mass is 16.5. The van der Waals surface area contributed by atoms with Gasteiger partial charge in [-0.25, -0.2) is 15.0 Å². The molecule has 1 aromatic carbocycles. The Balaban J connectivity index is 1.25. The van der Waals surface area contributed by atoms with E-state index in [1.54, 1.807) is 19.5 Å². The molecule has 1 saturated heterocycles. The van der Waals surface area contributed by atoms with Gasteiger partial charge in [-0.15, -0.1) is 0 Å². The van der Waals surface area contributed by atoms with Crippen LogP contribution >= 0.6 is 0 Å². The first-order valence-corrected chi connectivity index (χ1v) is 12.0. The number of anilines is 2. The fourth-order valence-corrected chi connectivity index (χ4v) is 4.76. The van der Waals surface area contributed by atoms with Gasteiger partial charge in [0, 0.05) is 56.5 Å². The Morgan fingerprint density at radius 3 is 2.62 bits per heavy atom. The predicted octanol–water partition coefficient (Wildman–Crippen LogP) is 3.51. The SMILES string of the molecule is COCc1cc(NC2CCC(Oc3cc(N4CCOCC4)cc4nccnc34)CC2)nc(C)n1. The Kier molecular flexibility index (Phi) is 7.01. The van der Waals surface area contributed by atoms with Crippen molar-refractivity contribution >= 4 is 22.5 Å². The molecule has 1 saturated carbocycles. The van der Waals surface area contributed by atoms with Crippen LogP contribution in [0.25, 0.3) is 11.0 Å². The molecule has 1 aliphatic carbocycles. The van der Waals surface area contributed by atoms with Crippen LogP contribution in [-0.2, 0) is 16.1 Å². The number of fused-ring (bicyclic) bond motifs is 1. The summed E-state index contributed by atoms with van der Waals surface area (Å²) in [4.78, 5) is 20.4. The van der Waals surface area contributed by atoms with Crippen molar-refractivity contribution in [2.45, 2.75) is 51.4 Å². The third kappa shape index (κ3) is 5.37. The van der Waals surface area contributed by atoms with Crippen LogP contribution in [0.5, 0.6) is 5.75 Å². The van der Waals surface area contributed by atoms with Crippen LogP contribution < -0.4 is 15.0 Å². The average Bonchev–Trinajstić information content (AvgIpc) is 2.85. The van der Waals surface area contributed by atoms with E-state index in [9.17, 15) is 0 Å². The molecule has 0 spiro atoms. The molecule has 9 nitrogen and oxygen atoms in total. The fraction of sp³-hybridized carbons (Fsp3) is 0.520. The van der Waals surface area contributed by atoms with E-state index in [4.69, 9.17) is 14.2 Å². The van der Waals surface area contributed by atoms with Crippen molar-refractivity contribution in [1.29, 1.82) is 0 Å². The minimum atomic E-state index is 0.152. The molecular weight excluding hydrogens is 432 g/mol. The van der Waals surface area contributed by atoms with E-state index in [1.165, 1.54) is 0 Å². The van der Waals surface area contributed by atoms with Crippen LogP contribution in [-0.4, -0.2) is 65.5 Å². The summed E-state index contributed by atoms with van der Waals surface area (Å²) < 4.78 is 17.3. The Morgan fingerprint density at radius 2 is 1.82 bits per heavy atom. The molecule has 0 bridgehead atoms. The highest BCUT2D eigenvalue weighted by Gasteiger charge is 2.24. The number of hydrogen-bond donors (Lipinski definition) is 1. The number of aryl methyl sites for hydroxylation is 1. The number of nitrogens with zero attached hydrogens (tertiary/aromatic N) is 5. The van der Waals surface area contributed by atoms with Crippen molar-refractivity contribution in [1.82, 2.24) is 19.9 Å². The molecule has 2 aromatic heterocycles. The van der Waals surface area contributed by atoms with Crippen molar-refractivity contribution in [3.63, 3.8) is 0 Å². The van der Waals surface area contributed by atoms with Gasteiger partial charge < -0.3 is 24.4 Å². The molecule has 0 unspecified atom stereocenters. The zero-order valence-electron chi connectivity index (χ0n) is 19.9. The lowest BCUT2D eigenvalue weighted by atomic mass is 9.93. The Labute approximate surface area is 199 Å². The number of hydrogen-bond acceptors (Lipinski definition) is 9. The largest absolute Gasteiger partial charge is 0.488 e. The minimum Gasteiger partial charge on any atom is -0.488 e. The Morgan fingerprint density at radius 1 is 1.03 bits per heavy atom. The first-order valence-electron chi connectivity index (χ1n) is 12.0. The molecule has 0 amide bonds. The maximum atomic E-state index is 6.54. The number of morpholine rings is 1. The zero-order valence-corrected chi connectivity index (χ0v) is 19.9. The summed E-state index contributed by atoms with van der Waals surface area (Å²) in [7, 11) is 1.68. The van der Waals surface area contributed by atoms with Crippen molar-refractivity contribution < 1.29 is 14.2 Å². The van der Waals surface area contributed by atoms with Gasteiger partial charge in [0.1, 0.15) is 22.9 Å². The van der Waals surface area contributed by atoms with Gasteiger partial charge in [0.2, 0.25) is 0 Å². The zero-order chi connectivity index (χ0) is 23.3. The van der Waals surface area contributed by atoms with Crippen molar-refractivity contribution in [3.8, 4) is 5.75 Å². The lowest BCUT2D eigenvalue weighted by Crippen LogP contribution is -2.36. The summed E-state index contributed by atoms with van der Waals surface area (Å²) in [5.74, 6) is 2.43. The summed E-state index contributed by atoms with van der Waals surface area (Å²) >= 11 is 0. The molecule has 3 heterocycles. The van der Waals surface area contributed by atoms with Gasteiger partial charge in [-0.3, -0.25) is 4.98 Å². The maximum absolute atomic E-state index is 6.54.